The Morgan fingerprint density at radius 3 is 2.49 bits per heavy atom. The molecule has 13 heteroatoms. The van der Waals surface area contributed by atoms with E-state index in [1.54, 1.807) is 21.0 Å². The molecule has 5 rings (SSSR count). The van der Waals surface area contributed by atoms with Gasteiger partial charge in [0, 0.05) is 43.7 Å². The number of nitro groups is 1. The third-order valence-electron chi connectivity index (χ3n) is 6.66. The van der Waals surface area contributed by atoms with E-state index >= 15 is 0 Å². The highest BCUT2D eigenvalue weighted by molar-refractivity contribution is 5.93. The summed E-state index contributed by atoms with van der Waals surface area (Å²) in [6.45, 7) is 3.32. The molecule has 5 aromatic rings. The Labute approximate surface area is 232 Å². The van der Waals surface area contributed by atoms with Gasteiger partial charge in [0.1, 0.15) is 28.9 Å². The summed E-state index contributed by atoms with van der Waals surface area (Å²) in [4.78, 5) is 26.1. The highest BCUT2D eigenvalue weighted by Crippen LogP contribution is 2.36. The predicted molar refractivity (Wildman–Crippen MR) is 149 cm³/mol. The maximum atomic E-state index is 13.5. The summed E-state index contributed by atoms with van der Waals surface area (Å²) in [6, 6.07) is 11.1. The number of aromatic nitrogens is 4. The monoisotopic (exact) mass is 565 g/mol. The Kier molecular flexibility index (Phi) is 6.89. The third kappa shape index (κ3) is 5.42. The first kappa shape index (κ1) is 27.6. The predicted octanol–water partition coefficient (Wildman–Crippen LogP) is 6.43. The minimum Gasteiger partial charge on any atom is -0.497 e. The number of nitrogens with one attached hydrogen (secondary N) is 1. The maximum absolute atomic E-state index is 13.5. The standard InChI is InChI=1S/C28H26F3N7O3/c1-15(18-8-19(28(29,30)31)11-20(9-18)38(39)40)32-27-22-10-17(6-7-23(22)33-16(2)34-27)24-12-21(41-5)13-25-35-26(36(3)4)14-37(24)25/h6-15H,1-5H3,(H,32,33,34)/t15-/m1/s1. The van der Waals surface area contributed by atoms with Crippen LogP contribution >= 0.6 is 0 Å². The van der Waals surface area contributed by atoms with Crippen molar-refractivity contribution in [2.75, 3.05) is 31.4 Å². The van der Waals surface area contributed by atoms with E-state index in [-0.39, 0.29) is 5.56 Å². The number of ether oxygens (including phenoxy) is 1. The molecule has 2 aromatic carbocycles. The van der Waals surface area contributed by atoms with E-state index in [1.165, 1.54) is 0 Å². The highest BCUT2D eigenvalue weighted by Gasteiger charge is 2.33. The molecule has 0 radical (unpaired) electrons. The molecular weight excluding hydrogens is 539 g/mol. The number of fused-ring (bicyclic) bond motifs is 2. The van der Waals surface area contributed by atoms with Gasteiger partial charge in [-0.2, -0.15) is 13.2 Å². The van der Waals surface area contributed by atoms with Crippen LogP contribution in [0.5, 0.6) is 5.75 Å². The number of anilines is 2. The zero-order chi connectivity index (χ0) is 29.6. The zero-order valence-corrected chi connectivity index (χ0v) is 22.8. The lowest BCUT2D eigenvalue weighted by molar-refractivity contribution is -0.385. The van der Waals surface area contributed by atoms with Gasteiger partial charge in [0.25, 0.3) is 5.69 Å². The number of aryl methyl sites for hydroxylation is 1. The first-order valence-electron chi connectivity index (χ1n) is 12.5. The molecule has 0 aliphatic rings. The number of methoxy groups -OCH3 is 1. The number of halogens is 3. The van der Waals surface area contributed by atoms with Crippen LogP contribution in [-0.4, -0.2) is 45.5 Å². The molecule has 0 amide bonds. The van der Waals surface area contributed by atoms with Gasteiger partial charge in [-0.25, -0.2) is 15.0 Å². The molecule has 41 heavy (non-hydrogen) atoms. The average Bonchev–Trinajstić information content (AvgIpc) is 3.36. The van der Waals surface area contributed by atoms with E-state index in [2.05, 4.69) is 20.3 Å². The number of hydrogen-bond acceptors (Lipinski definition) is 8. The van der Waals surface area contributed by atoms with E-state index in [9.17, 15) is 23.3 Å². The molecule has 0 saturated heterocycles. The largest absolute Gasteiger partial charge is 0.497 e. The number of alkyl halides is 3. The van der Waals surface area contributed by atoms with E-state index in [4.69, 9.17) is 4.74 Å². The molecule has 0 spiro atoms. The molecule has 212 valence electrons. The van der Waals surface area contributed by atoms with Crippen molar-refractivity contribution < 1.29 is 22.8 Å². The molecular formula is C28H26F3N7O3. The fraction of sp³-hybridized carbons (Fsp3) is 0.250. The van der Waals surface area contributed by atoms with Crippen molar-refractivity contribution in [3.05, 3.63) is 81.8 Å². The van der Waals surface area contributed by atoms with Gasteiger partial charge in [-0.05, 0) is 43.2 Å². The Bertz CT molecular complexity index is 1800. The lowest BCUT2D eigenvalue weighted by Gasteiger charge is -2.19. The summed E-state index contributed by atoms with van der Waals surface area (Å²) < 4.78 is 47.9. The number of non-ortho nitro benzene ring substituents is 1. The minimum absolute atomic E-state index is 0.0937. The maximum Gasteiger partial charge on any atom is 0.416 e. The summed E-state index contributed by atoms with van der Waals surface area (Å²) in [6.07, 6.45) is -2.84. The minimum atomic E-state index is -4.74. The molecule has 1 N–H and O–H groups in total. The number of pyridine rings is 1. The van der Waals surface area contributed by atoms with Gasteiger partial charge in [-0.15, -0.1) is 0 Å². The zero-order valence-electron chi connectivity index (χ0n) is 22.8. The Hall–Kier alpha value is -4.94. The molecule has 0 aliphatic heterocycles. The van der Waals surface area contributed by atoms with Crippen molar-refractivity contribution in [1.29, 1.82) is 0 Å². The summed E-state index contributed by atoms with van der Waals surface area (Å²) in [5.41, 5.74) is 1.23. The fourth-order valence-corrected chi connectivity index (χ4v) is 4.56. The molecule has 0 bridgehead atoms. The topological polar surface area (TPSA) is 111 Å². The van der Waals surface area contributed by atoms with Gasteiger partial charge in [0.15, 0.2) is 0 Å². The molecule has 0 fully saturated rings. The average molecular weight is 566 g/mol. The summed E-state index contributed by atoms with van der Waals surface area (Å²) in [5.74, 6) is 2.19. The van der Waals surface area contributed by atoms with Gasteiger partial charge in [0.2, 0.25) is 0 Å². The quantitative estimate of drug-likeness (QED) is 0.178. The van der Waals surface area contributed by atoms with E-state index < -0.39 is 28.4 Å². The molecule has 0 saturated carbocycles. The number of rotatable bonds is 7. The molecule has 3 heterocycles. The van der Waals surface area contributed by atoms with E-state index in [1.807, 2.05) is 59.9 Å². The fourth-order valence-electron chi connectivity index (χ4n) is 4.56. The number of hydrogen-bond donors (Lipinski definition) is 1. The second-order valence-corrected chi connectivity index (χ2v) is 9.79. The SMILES string of the molecule is COc1cc(-c2ccc3nc(C)nc(N[C@H](C)c4cc([N+](=O)[O-])cc(C(F)(F)F)c4)c3c2)n2cc(N(C)C)nc2c1. The molecule has 10 nitrogen and oxygen atoms in total. The molecule has 1 atom stereocenters. The lowest BCUT2D eigenvalue weighted by atomic mass is 10.0. The van der Waals surface area contributed by atoms with E-state index in [0.29, 0.717) is 40.0 Å². The normalized spacial score (nSPS) is 12.5. The third-order valence-corrected chi connectivity index (χ3v) is 6.66. The second-order valence-electron chi connectivity index (χ2n) is 9.79. The van der Waals surface area contributed by atoms with Crippen LogP contribution in [-0.2, 0) is 6.18 Å². The van der Waals surface area contributed by atoms with Gasteiger partial charge in [-0.3, -0.25) is 14.5 Å². The van der Waals surface area contributed by atoms with Gasteiger partial charge < -0.3 is 15.0 Å². The number of nitrogens with zero attached hydrogens (tertiary/aromatic N) is 6. The van der Waals surface area contributed by atoms with Crippen LogP contribution in [0.4, 0.5) is 30.5 Å². The van der Waals surface area contributed by atoms with Crippen LogP contribution in [0.15, 0.2) is 54.7 Å². The molecule has 0 unspecified atom stereocenters. The van der Waals surface area contributed by atoms with Crippen LogP contribution in [0.25, 0.3) is 27.8 Å². The smallest absolute Gasteiger partial charge is 0.416 e. The summed E-state index contributed by atoms with van der Waals surface area (Å²) >= 11 is 0. The van der Waals surface area contributed by atoms with Gasteiger partial charge in [-0.1, -0.05) is 6.07 Å². The second kappa shape index (κ2) is 10.2. The Morgan fingerprint density at radius 1 is 1.07 bits per heavy atom. The first-order valence-corrected chi connectivity index (χ1v) is 12.5. The number of benzene rings is 2. The van der Waals surface area contributed by atoms with E-state index in [0.717, 1.165) is 29.2 Å². The lowest BCUT2D eigenvalue weighted by Crippen LogP contribution is -2.12. The Morgan fingerprint density at radius 2 is 1.83 bits per heavy atom. The number of nitro benzene ring substituents is 1. The first-order chi connectivity index (χ1) is 19.3. The number of imidazole rings is 1. The van der Waals surface area contributed by atoms with Crippen LogP contribution in [0.1, 0.15) is 29.9 Å². The van der Waals surface area contributed by atoms with Crippen LogP contribution in [0.3, 0.4) is 0 Å². The van der Waals surface area contributed by atoms with Crippen LogP contribution in [0.2, 0.25) is 0 Å². The van der Waals surface area contributed by atoms with Crippen molar-refractivity contribution in [3.63, 3.8) is 0 Å². The van der Waals surface area contributed by atoms with Crippen molar-refractivity contribution in [1.82, 2.24) is 19.4 Å². The van der Waals surface area contributed by atoms with Crippen molar-refractivity contribution in [2.24, 2.45) is 0 Å². The van der Waals surface area contributed by atoms with Crippen molar-refractivity contribution in [3.8, 4) is 17.0 Å². The van der Waals surface area contributed by atoms with Crippen LogP contribution < -0.4 is 15.0 Å². The Balaban J connectivity index is 1.62. The van der Waals surface area contributed by atoms with Crippen LogP contribution in [0, 0.1) is 17.0 Å². The summed E-state index contributed by atoms with van der Waals surface area (Å²) in [5, 5.41) is 15.1. The highest BCUT2D eigenvalue weighted by atomic mass is 19.4. The van der Waals surface area contributed by atoms with Crippen molar-refractivity contribution in [2.45, 2.75) is 26.1 Å². The van der Waals surface area contributed by atoms with Gasteiger partial charge >= 0.3 is 6.18 Å². The molecule has 0 aliphatic carbocycles. The molecule has 3 aromatic heterocycles. The van der Waals surface area contributed by atoms with Gasteiger partial charge in [0.05, 0.1) is 41.0 Å². The summed E-state index contributed by atoms with van der Waals surface area (Å²) in [7, 11) is 5.36. The van der Waals surface area contributed by atoms with Crippen molar-refractivity contribution >= 4 is 33.9 Å².